The van der Waals surface area contributed by atoms with Gasteiger partial charge in [-0.15, -0.1) is 0 Å². The van der Waals surface area contributed by atoms with Gasteiger partial charge in [-0.1, -0.05) is 25.4 Å². The predicted molar refractivity (Wildman–Crippen MR) is 117 cm³/mol. The van der Waals surface area contributed by atoms with Crippen molar-refractivity contribution in [2.75, 3.05) is 32.1 Å². The number of hydrogen-bond acceptors (Lipinski definition) is 5. The zero-order valence-electron chi connectivity index (χ0n) is 16.9. The topological polar surface area (TPSA) is 84.9 Å². The van der Waals surface area contributed by atoms with E-state index in [1.807, 2.05) is 0 Å². The molecule has 1 amide bonds. The molecule has 1 heterocycles. The summed E-state index contributed by atoms with van der Waals surface area (Å²) in [5.41, 5.74) is 1.33. The van der Waals surface area contributed by atoms with Crippen LogP contribution >= 0.6 is 11.6 Å². The van der Waals surface area contributed by atoms with E-state index in [0.717, 1.165) is 0 Å². The van der Waals surface area contributed by atoms with E-state index in [2.05, 4.69) is 5.32 Å². The Labute approximate surface area is 181 Å². The second kappa shape index (κ2) is 9.07. The molecule has 0 saturated carbocycles. The molecule has 0 fully saturated rings. The number of fused-ring (bicyclic) bond motifs is 1. The van der Waals surface area contributed by atoms with Gasteiger partial charge in [0, 0.05) is 23.7 Å². The van der Waals surface area contributed by atoms with Crippen molar-refractivity contribution >= 4 is 39.3 Å². The van der Waals surface area contributed by atoms with Crippen molar-refractivity contribution in [1.29, 1.82) is 0 Å². The summed E-state index contributed by atoms with van der Waals surface area (Å²) in [6.07, 6.45) is 1.70. The van der Waals surface area contributed by atoms with E-state index < -0.39 is 15.9 Å². The van der Waals surface area contributed by atoms with Crippen molar-refractivity contribution < 1.29 is 22.7 Å². The van der Waals surface area contributed by atoms with Crippen molar-refractivity contribution in [2.24, 2.45) is 0 Å². The number of benzene rings is 2. The molecule has 1 aliphatic rings. The summed E-state index contributed by atoms with van der Waals surface area (Å²) in [6, 6.07) is 9.55. The van der Waals surface area contributed by atoms with Crippen molar-refractivity contribution in [3.8, 4) is 11.5 Å². The maximum atomic E-state index is 12.8. The number of methoxy groups -OCH3 is 1. The van der Waals surface area contributed by atoms with Gasteiger partial charge in [-0.3, -0.25) is 4.79 Å². The number of nitrogens with zero attached hydrogens (tertiary/aromatic N) is 1. The van der Waals surface area contributed by atoms with E-state index in [1.54, 1.807) is 38.1 Å². The van der Waals surface area contributed by atoms with Gasteiger partial charge in [0.25, 0.3) is 5.91 Å². The number of hydrogen-bond donors (Lipinski definition) is 1. The summed E-state index contributed by atoms with van der Waals surface area (Å²) in [4.78, 5) is 12.9. The summed E-state index contributed by atoms with van der Waals surface area (Å²) < 4.78 is 37.9. The molecule has 0 spiro atoms. The average Bonchev–Trinajstić information content (AvgIpc) is 2.73. The molecule has 30 heavy (non-hydrogen) atoms. The number of carbonyl (C=O) groups is 1. The highest BCUT2D eigenvalue weighted by atomic mass is 35.5. The Bertz CT molecular complexity index is 1090. The second-order valence-electron chi connectivity index (χ2n) is 6.55. The third kappa shape index (κ3) is 4.45. The Morgan fingerprint density at radius 3 is 2.60 bits per heavy atom. The Balaban J connectivity index is 1.91. The van der Waals surface area contributed by atoms with Gasteiger partial charge in [-0.2, -0.15) is 4.31 Å². The average molecular weight is 451 g/mol. The quantitative estimate of drug-likeness (QED) is 0.693. The van der Waals surface area contributed by atoms with Crippen LogP contribution in [0.25, 0.3) is 6.08 Å². The Morgan fingerprint density at radius 2 is 1.93 bits per heavy atom. The molecule has 9 heteroatoms. The zero-order valence-corrected chi connectivity index (χ0v) is 18.5. The van der Waals surface area contributed by atoms with Gasteiger partial charge in [0.2, 0.25) is 10.0 Å². The van der Waals surface area contributed by atoms with Gasteiger partial charge < -0.3 is 14.8 Å². The lowest BCUT2D eigenvalue weighted by atomic mass is 10.1. The first kappa shape index (κ1) is 22.1. The highest BCUT2D eigenvalue weighted by molar-refractivity contribution is 7.89. The van der Waals surface area contributed by atoms with Crippen molar-refractivity contribution in [3.05, 3.63) is 52.6 Å². The van der Waals surface area contributed by atoms with Gasteiger partial charge in [0.05, 0.1) is 23.3 Å². The van der Waals surface area contributed by atoms with Gasteiger partial charge >= 0.3 is 0 Å². The van der Waals surface area contributed by atoms with Gasteiger partial charge in [-0.25, -0.2) is 8.42 Å². The summed E-state index contributed by atoms with van der Waals surface area (Å²) in [6.45, 7) is 4.32. The molecular weight excluding hydrogens is 428 g/mol. The highest BCUT2D eigenvalue weighted by Gasteiger charge is 2.24. The van der Waals surface area contributed by atoms with E-state index in [-0.39, 0.29) is 17.2 Å². The molecule has 160 valence electrons. The summed E-state index contributed by atoms with van der Waals surface area (Å²) in [7, 11) is -2.23. The molecule has 0 bridgehead atoms. The number of rotatable bonds is 7. The molecule has 1 aliphatic heterocycles. The van der Waals surface area contributed by atoms with Crippen LogP contribution in [0.5, 0.6) is 11.5 Å². The lowest BCUT2D eigenvalue weighted by Crippen LogP contribution is -2.30. The summed E-state index contributed by atoms with van der Waals surface area (Å²) in [5, 5.41) is 3.27. The third-order valence-electron chi connectivity index (χ3n) is 4.74. The SMILES string of the molecule is CCN(CC)S(=O)(=O)c1ccc(OC)c(NC(=O)C2=Cc3cc(Cl)ccc3OC2)c1. The zero-order chi connectivity index (χ0) is 21.9. The number of nitrogens with one attached hydrogen (secondary N) is 1. The Kier molecular flexibility index (Phi) is 6.70. The number of halogens is 1. The van der Waals surface area contributed by atoms with Crippen LogP contribution in [0, 0.1) is 0 Å². The minimum Gasteiger partial charge on any atom is -0.495 e. The standard InChI is InChI=1S/C21H23ClN2O5S/c1-4-24(5-2)30(26,27)17-7-9-20(28-3)18(12-17)23-21(25)15-10-14-11-16(22)6-8-19(14)29-13-15/h6-12H,4-5,13H2,1-3H3,(H,23,25). The van der Waals surface area contributed by atoms with Gasteiger partial charge in [0.15, 0.2) is 0 Å². The lowest BCUT2D eigenvalue weighted by molar-refractivity contribution is -0.113. The van der Waals surface area contributed by atoms with Crippen LogP contribution < -0.4 is 14.8 Å². The van der Waals surface area contributed by atoms with Crippen molar-refractivity contribution in [1.82, 2.24) is 4.31 Å². The fourth-order valence-corrected chi connectivity index (χ4v) is 4.81. The van der Waals surface area contributed by atoms with E-state index in [1.165, 1.54) is 29.6 Å². The molecule has 1 N–H and O–H groups in total. The van der Waals surface area contributed by atoms with Crippen LogP contribution in [0.3, 0.4) is 0 Å². The van der Waals surface area contributed by atoms with Gasteiger partial charge in [-0.05, 0) is 42.5 Å². The molecule has 0 aliphatic carbocycles. The molecule has 0 atom stereocenters. The minimum atomic E-state index is -3.68. The van der Waals surface area contributed by atoms with Gasteiger partial charge in [0.1, 0.15) is 18.1 Å². The van der Waals surface area contributed by atoms with Crippen LogP contribution in [0.15, 0.2) is 46.9 Å². The Hall–Kier alpha value is -2.55. The van der Waals surface area contributed by atoms with Crippen LogP contribution in [-0.4, -0.2) is 45.4 Å². The largest absolute Gasteiger partial charge is 0.495 e. The van der Waals surface area contributed by atoms with Crippen molar-refractivity contribution in [3.63, 3.8) is 0 Å². The molecule has 2 aromatic carbocycles. The maximum absolute atomic E-state index is 12.8. The molecule has 2 aromatic rings. The fraction of sp³-hybridized carbons (Fsp3) is 0.286. The summed E-state index contributed by atoms with van der Waals surface area (Å²) in [5.74, 6) is 0.569. The number of amides is 1. The second-order valence-corrected chi connectivity index (χ2v) is 8.92. The van der Waals surface area contributed by atoms with Crippen LogP contribution in [0.1, 0.15) is 19.4 Å². The van der Waals surface area contributed by atoms with E-state index in [9.17, 15) is 13.2 Å². The lowest BCUT2D eigenvalue weighted by Gasteiger charge is -2.20. The molecule has 0 unspecified atom stereocenters. The third-order valence-corrected chi connectivity index (χ3v) is 7.02. The first-order valence-corrected chi connectivity index (χ1v) is 11.2. The highest BCUT2D eigenvalue weighted by Crippen LogP contribution is 2.32. The smallest absolute Gasteiger partial charge is 0.255 e. The maximum Gasteiger partial charge on any atom is 0.255 e. The summed E-state index contributed by atoms with van der Waals surface area (Å²) >= 11 is 6.02. The van der Waals surface area contributed by atoms with E-state index in [4.69, 9.17) is 21.1 Å². The number of anilines is 1. The number of sulfonamides is 1. The molecule has 0 radical (unpaired) electrons. The molecule has 0 aromatic heterocycles. The van der Waals surface area contributed by atoms with Crippen molar-refractivity contribution in [2.45, 2.75) is 18.7 Å². The van der Waals surface area contributed by atoms with Crippen LogP contribution in [-0.2, 0) is 14.8 Å². The monoisotopic (exact) mass is 450 g/mol. The predicted octanol–water partition coefficient (Wildman–Crippen LogP) is 3.79. The van der Waals surface area contributed by atoms with E-state index in [0.29, 0.717) is 40.7 Å². The van der Waals surface area contributed by atoms with Crippen LogP contribution in [0.2, 0.25) is 5.02 Å². The first-order valence-electron chi connectivity index (χ1n) is 9.42. The van der Waals surface area contributed by atoms with E-state index >= 15 is 0 Å². The minimum absolute atomic E-state index is 0.0771. The Morgan fingerprint density at radius 1 is 1.20 bits per heavy atom. The molecule has 3 rings (SSSR count). The fourth-order valence-electron chi connectivity index (χ4n) is 3.14. The van der Waals surface area contributed by atoms with Crippen LogP contribution in [0.4, 0.5) is 5.69 Å². The molecular formula is C21H23ClN2O5S. The number of carbonyl (C=O) groups excluding carboxylic acids is 1. The molecule has 7 nitrogen and oxygen atoms in total. The molecule has 0 saturated heterocycles. The first-order chi connectivity index (χ1) is 14.3. The normalized spacial score (nSPS) is 13.3. The number of ether oxygens (including phenoxy) is 2.